The van der Waals surface area contributed by atoms with Gasteiger partial charge in [0.25, 0.3) is 5.56 Å². The molecule has 4 rings (SSSR count). The maximum Gasteiger partial charge on any atom is 0.256 e. The van der Waals surface area contributed by atoms with E-state index in [1.165, 1.54) is 12.0 Å². The van der Waals surface area contributed by atoms with Gasteiger partial charge in [-0.05, 0) is 51.0 Å². The van der Waals surface area contributed by atoms with Crippen molar-refractivity contribution in [3.8, 4) is 16.9 Å². The zero-order chi connectivity index (χ0) is 18.6. The van der Waals surface area contributed by atoms with Gasteiger partial charge >= 0.3 is 0 Å². The maximum absolute atomic E-state index is 12.9. The Hall–Kier alpha value is -1.74. The van der Waals surface area contributed by atoms with Gasteiger partial charge in [-0.2, -0.15) is 0 Å². The summed E-state index contributed by atoms with van der Waals surface area (Å²) in [7, 11) is 0. The van der Waals surface area contributed by atoms with Crippen LogP contribution in [0.2, 0.25) is 5.15 Å². The molecule has 0 spiro atoms. The summed E-state index contributed by atoms with van der Waals surface area (Å²) < 4.78 is 6.50. The molecule has 2 aliphatic rings. The first-order chi connectivity index (χ1) is 12.3. The van der Waals surface area contributed by atoms with Gasteiger partial charge in [-0.1, -0.05) is 54.8 Å². The predicted molar refractivity (Wildman–Crippen MR) is 106 cm³/mol. The van der Waals surface area contributed by atoms with Gasteiger partial charge < -0.3 is 9.72 Å². The Morgan fingerprint density at radius 2 is 1.88 bits per heavy atom. The summed E-state index contributed by atoms with van der Waals surface area (Å²) in [6, 6.07) is 8.20. The Labute approximate surface area is 159 Å². The molecular weight excluding hydrogens is 346 g/mol. The Bertz CT molecular complexity index is 898. The van der Waals surface area contributed by atoms with Crippen molar-refractivity contribution in [2.24, 2.45) is 11.8 Å². The fourth-order valence-corrected chi connectivity index (χ4v) is 5.14. The Morgan fingerprint density at radius 1 is 1.19 bits per heavy atom. The molecule has 3 atom stereocenters. The number of pyridine rings is 1. The highest BCUT2D eigenvalue weighted by molar-refractivity contribution is 6.32. The SMILES string of the molecule is Cc1ccc(-c2c(Cl)[nH]c(=O)c3c2OC(C)(C)[C@@H]2CC[C@H](C)C[C@@H]32)cc1. The average molecular weight is 372 g/mol. The third-order valence-electron chi connectivity index (χ3n) is 6.24. The van der Waals surface area contributed by atoms with Crippen LogP contribution in [0, 0.1) is 18.8 Å². The number of halogens is 1. The van der Waals surface area contributed by atoms with Crippen LogP contribution in [0.25, 0.3) is 11.1 Å². The number of benzene rings is 1. The Kier molecular flexibility index (Phi) is 4.18. The van der Waals surface area contributed by atoms with Crippen LogP contribution in [0.4, 0.5) is 0 Å². The maximum atomic E-state index is 12.9. The molecule has 1 aromatic heterocycles. The van der Waals surface area contributed by atoms with Gasteiger partial charge in [0.1, 0.15) is 16.5 Å². The van der Waals surface area contributed by atoms with Crippen LogP contribution in [0.3, 0.4) is 0 Å². The standard InChI is InChI=1S/C22H26ClNO2/c1-12-5-8-14(9-6-12)17-19-18(21(25)24-20(17)23)15-11-13(2)7-10-16(15)22(3,4)26-19/h5-6,8-9,13,15-16H,7,10-11H2,1-4H3,(H,24,25)/t13-,15+,16+/m0/s1. The van der Waals surface area contributed by atoms with Crippen LogP contribution in [-0.4, -0.2) is 10.6 Å². The number of H-pyrrole nitrogens is 1. The number of hydrogen-bond acceptors (Lipinski definition) is 2. The van der Waals surface area contributed by atoms with E-state index in [1.54, 1.807) is 0 Å². The van der Waals surface area contributed by atoms with Crippen molar-refractivity contribution in [3.63, 3.8) is 0 Å². The number of rotatable bonds is 1. The minimum atomic E-state index is -0.311. The van der Waals surface area contributed by atoms with Crippen LogP contribution in [0.1, 0.15) is 57.1 Å². The number of fused-ring (bicyclic) bond motifs is 3. The molecule has 1 saturated carbocycles. The largest absolute Gasteiger partial charge is 0.486 e. The van der Waals surface area contributed by atoms with E-state index in [4.69, 9.17) is 16.3 Å². The summed E-state index contributed by atoms with van der Waals surface area (Å²) in [5.41, 5.74) is 3.36. The molecule has 2 aromatic rings. The molecule has 0 saturated heterocycles. The minimum absolute atomic E-state index is 0.0968. The number of ether oxygens (including phenoxy) is 1. The van der Waals surface area contributed by atoms with Crippen molar-refractivity contribution in [1.82, 2.24) is 4.98 Å². The molecular formula is C22H26ClNO2. The molecule has 1 fully saturated rings. The molecule has 0 bridgehead atoms. The normalized spacial score (nSPS) is 26.6. The number of nitrogens with one attached hydrogen (secondary N) is 1. The molecule has 2 heterocycles. The molecule has 1 aliphatic heterocycles. The van der Waals surface area contributed by atoms with Gasteiger partial charge in [0.15, 0.2) is 0 Å². The zero-order valence-corrected chi connectivity index (χ0v) is 16.6. The first-order valence-electron chi connectivity index (χ1n) is 9.49. The first-order valence-corrected chi connectivity index (χ1v) is 9.87. The minimum Gasteiger partial charge on any atom is -0.486 e. The molecule has 1 aromatic carbocycles. The molecule has 0 radical (unpaired) electrons. The van der Waals surface area contributed by atoms with E-state index in [9.17, 15) is 4.79 Å². The second-order valence-corrected chi connectivity index (χ2v) is 8.97. The van der Waals surface area contributed by atoms with Crippen molar-refractivity contribution in [1.29, 1.82) is 0 Å². The third kappa shape index (κ3) is 2.77. The summed E-state index contributed by atoms with van der Waals surface area (Å²) >= 11 is 6.50. The lowest BCUT2D eigenvalue weighted by Gasteiger charge is -2.48. The topological polar surface area (TPSA) is 42.1 Å². The molecule has 1 N–H and O–H groups in total. The quantitative estimate of drug-likeness (QED) is 0.654. The lowest BCUT2D eigenvalue weighted by molar-refractivity contribution is -0.0137. The van der Waals surface area contributed by atoms with E-state index in [0.29, 0.717) is 22.7 Å². The molecule has 0 amide bonds. The molecule has 4 heteroatoms. The lowest BCUT2D eigenvalue weighted by Crippen LogP contribution is -2.48. The summed E-state index contributed by atoms with van der Waals surface area (Å²) in [5, 5.41) is 0.357. The van der Waals surface area contributed by atoms with Gasteiger partial charge in [-0.3, -0.25) is 4.79 Å². The lowest BCUT2D eigenvalue weighted by atomic mass is 9.64. The fourth-order valence-electron chi connectivity index (χ4n) is 4.86. The van der Waals surface area contributed by atoms with Crippen LogP contribution in [0.15, 0.2) is 29.1 Å². The Morgan fingerprint density at radius 3 is 2.58 bits per heavy atom. The van der Waals surface area contributed by atoms with Crippen molar-refractivity contribution < 1.29 is 4.74 Å². The summed E-state index contributed by atoms with van der Waals surface area (Å²) in [6.07, 6.45) is 3.32. The summed E-state index contributed by atoms with van der Waals surface area (Å²) in [4.78, 5) is 15.8. The van der Waals surface area contributed by atoms with E-state index in [2.05, 4.69) is 44.8 Å². The van der Waals surface area contributed by atoms with Gasteiger partial charge in [0, 0.05) is 5.92 Å². The van der Waals surface area contributed by atoms with Crippen molar-refractivity contribution >= 4 is 11.6 Å². The molecule has 26 heavy (non-hydrogen) atoms. The van der Waals surface area contributed by atoms with Crippen molar-refractivity contribution in [2.45, 2.75) is 58.5 Å². The monoisotopic (exact) mass is 371 g/mol. The molecule has 0 unspecified atom stereocenters. The average Bonchev–Trinajstić information content (AvgIpc) is 2.55. The number of aromatic nitrogens is 1. The molecule has 3 nitrogen and oxygen atoms in total. The van der Waals surface area contributed by atoms with Crippen LogP contribution >= 0.6 is 11.6 Å². The number of hydrogen-bond donors (Lipinski definition) is 1. The van der Waals surface area contributed by atoms with Crippen LogP contribution in [-0.2, 0) is 0 Å². The van der Waals surface area contributed by atoms with Crippen LogP contribution in [0.5, 0.6) is 5.75 Å². The van der Waals surface area contributed by atoms with E-state index >= 15 is 0 Å². The molecule has 1 aliphatic carbocycles. The van der Waals surface area contributed by atoms with Crippen molar-refractivity contribution in [2.75, 3.05) is 0 Å². The van der Waals surface area contributed by atoms with Gasteiger partial charge in [0.2, 0.25) is 0 Å². The highest BCUT2D eigenvalue weighted by atomic mass is 35.5. The van der Waals surface area contributed by atoms with E-state index in [-0.39, 0.29) is 17.1 Å². The van der Waals surface area contributed by atoms with E-state index in [0.717, 1.165) is 29.5 Å². The van der Waals surface area contributed by atoms with Gasteiger partial charge in [-0.15, -0.1) is 0 Å². The van der Waals surface area contributed by atoms with Crippen LogP contribution < -0.4 is 10.3 Å². The smallest absolute Gasteiger partial charge is 0.256 e. The second kappa shape index (κ2) is 6.16. The van der Waals surface area contributed by atoms with Crippen molar-refractivity contribution in [3.05, 3.63) is 50.9 Å². The number of aryl methyl sites for hydroxylation is 1. The van der Waals surface area contributed by atoms with Gasteiger partial charge in [0.05, 0.1) is 11.1 Å². The predicted octanol–water partition coefficient (Wildman–Crippen LogP) is 5.69. The van der Waals surface area contributed by atoms with E-state index in [1.807, 2.05) is 12.1 Å². The highest BCUT2D eigenvalue weighted by Gasteiger charge is 2.48. The first kappa shape index (κ1) is 17.7. The van der Waals surface area contributed by atoms with E-state index < -0.39 is 0 Å². The Balaban J connectivity index is 1.96. The zero-order valence-electron chi connectivity index (χ0n) is 15.9. The van der Waals surface area contributed by atoms with Gasteiger partial charge in [-0.25, -0.2) is 0 Å². The summed E-state index contributed by atoms with van der Waals surface area (Å²) in [6.45, 7) is 8.64. The highest BCUT2D eigenvalue weighted by Crippen LogP contribution is 2.54. The number of aromatic amines is 1. The fraction of sp³-hybridized carbons (Fsp3) is 0.500. The summed E-state index contributed by atoms with van der Waals surface area (Å²) in [5.74, 6) is 1.89. The molecule has 138 valence electrons. The second-order valence-electron chi connectivity index (χ2n) is 8.59. The third-order valence-corrected chi connectivity index (χ3v) is 6.52.